The molecule has 158 valence electrons. The van der Waals surface area contributed by atoms with Gasteiger partial charge < -0.3 is 9.64 Å². The summed E-state index contributed by atoms with van der Waals surface area (Å²) in [6.45, 7) is 7.21. The van der Waals surface area contributed by atoms with E-state index in [1.165, 1.54) is 33.1 Å². The van der Waals surface area contributed by atoms with E-state index in [0.29, 0.717) is 12.2 Å². The summed E-state index contributed by atoms with van der Waals surface area (Å²) in [7, 11) is 1.53. The molecule has 0 saturated carbocycles. The Morgan fingerprint density at radius 2 is 1.79 bits per heavy atom. The molecule has 0 atom stereocenters. The summed E-state index contributed by atoms with van der Waals surface area (Å²) in [5.41, 5.74) is -0.357. The molecule has 2 fully saturated rings. The van der Waals surface area contributed by atoms with Crippen LogP contribution in [0.2, 0.25) is 0 Å². The second kappa shape index (κ2) is 8.36. The topological polar surface area (TPSA) is 82.2 Å². The lowest BCUT2D eigenvalue weighted by molar-refractivity contribution is -0.149. The number of hydrogen-bond donors (Lipinski definition) is 1. The van der Waals surface area contributed by atoms with Crippen molar-refractivity contribution in [2.45, 2.75) is 20.3 Å². The number of hydrogen-bond acceptors (Lipinski definition) is 6. The van der Waals surface area contributed by atoms with Gasteiger partial charge in [0.1, 0.15) is 17.0 Å². The minimum atomic E-state index is -1.23. The van der Waals surface area contributed by atoms with Crippen molar-refractivity contribution in [2.75, 3.05) is 51.3 Å². The number of halogens is 1. The summed E-state index contributed by atoms with van der Waals surface area (Å²) < 4.78 is 18.7. The number of urea groups is 1. The number of ether oxygens (including phenoxy) is 1. The number of carbonyl (C=O) groups excluding carboxylic acids is 3. The maximum absolute atomic E-state index is 13.4. The Morgan fingerprint density at radius 1 is 1.10 bits per heavy atom. The predicted molar refractivity (Wildman–Crippen MR) is 105 cm³/mol. The Kier molecular flexibility index (Phi) is 6.07. The molecule has 1 N–H and O–H groups in total. The minimum absolute atomic E-state index is 0.271. The van der Waals surface area contributed by atoms with Crippen molar-refractivity contribution in [2.24, 2.45) is 5.41 Å². The van der Waals surface area contributed by atoms with Crippen LogP contribution >= 0.6 is 0 Å². The minimum Gasteiger partial charge on any atom is -0.494 e. The molecule has 0 radical (unpaired) electrons. The third-order valence-corrected chi connectivity index (χ3v) is 5.52. The fraction of sp³-hybridized carbons (Fsp3) is 0.550. The first-order valence-corrected chi connectivity index (χ1v) is 9.72. The Balaban J connectivity index is 1.49. The first-order valence-electron chi connectivity index (χ1n) is 9.72. The van der Waals surface area contributed by atoms with Crippen molar-refractivity contribution in [3.05, 3.63) is 24.0 Å². The monoisotopic (exact) mass is 406 g/mol. The maximum Gasteiger partial charge on any atom is 0.330 e. The van der Waals surface area contributed by atoms with Gasteiger partial charge in [-0.05, 0) is 38.9 Å². The van der Waals surface area contributed by atoms with Gasteiger partial charge in [0.15, 0.2) is 0 Å². The molecule has 8 nitrogen and oxygen atoms in total. The van der Waals surface area contributed by atoms with Gasteiger partial charge in [0, 0.05) is 38.8 Å². The van der Waals surface area contributed by atoms with Crippen LogP contribution in [-0.4, -0.2) is 74.0 Å². The van der Waals surface area contributed by atoms with Gasteiger partial charge in [-0.25, -0.2) is 9.18 Å². The zero-order valence-electron chi connectivity index (χ0n) is 17.0. The smallest absolute Gasteiger partial charge is 0.330 e. The van der Waals surface area contributed by atoms with Gasteiger partial charge in [-0.15, -0.1) is 0 Å². The molecule has 9 heteroatoms. The van der Waals surface area contributed by atoms with Crippen LogP contribution in [0.5, 0.6) is 5.75 Å². The van der Waals surface area contributed by atoms with E-state index in [1.807, 2.05) is 0 Å². The highest BCUT2D eigenvalue weighted by Gasteiger charge is 2.46. The highest BCUT2D eigenvalue weighted by atomic mass is 19.1. The first-order chi connectivity index (χ1) is 13.7. The zero-order chi connectivity index (χ0) is 21.2. The molecule has 0 aromatic heterocycles. The Morgan fingerprint density at radius 3 is 2.45 bits per heavy atom. The number of rotatable bonds is 6. The van der Waals surface area contributed by atoms with Crippen LogP contribution in [0, 0.1) is 11.2 Å². The van der Waals surface area contributed by atoms with E-state index in [1.54, 1.807) is 6.07 Å². The van der Waals surface area contributed by atoms with Gasteiger partial charge >= 0.3 is 6.03 Å². The van der Waals surface area contributed by atoms with Crippen molar-refractivity contribution in [3.63, 3.8) is 0 Å². The second-order valence-corrected chi connectivity index (χ2v) is 7.84. The molecule has 1 aromatic rings. The molecule has 3 rings (SSSR count). The lowest BCUT2D eigenvalue weighted by Crippen LogP contribution is -2.62. The number of nitrogens with one attached hydrogen (secondary N) is 1. The average molecular weight is 406 g/mol. The van der Waals surface area contributed by atoms with Gasteiger partial charge in [-0.2, -0.15) is 0 Å². The lowest BCUT2D eigenvalue weighted by atomic mass is 9.89. The summed E-state index contributed by atoms with van der Waals surface area (Å²) in [5.74, 6) is -0.828. The quantitative estimate of drug-likeness (QED) is 0.721. The molecular weight excluding hydrogens is 379 g/mol. The van der Waals surface area contributed by atoms with Crippen LogP contribution in [-0.2, 0) is 9.59 Å². The standard InChI is InChI=1S/C20H27FN4O4/c1-20(2)17(26)22-19(28)25(18(20)27)8-4-7-23-9-11-24(12-10-23)15-6-5-14(21)13-16(15)29-3/h5-6,13H,4,7-12H2,1-3H3,(H,22,26,28). The number of nitrogens with zero attached hydrogens (tertiary/aromatic N) is 3. The molecule has 0 spiro atoms. The lowest BCUT2D eigenvalue weighted by Gasteiger charge is -2.37. The molecule has 2 aliphatic heterocycles. The number of barbiturate groups is 1. The molecule has 1 aromatic carbocycles. The van der Waals surface area contributed by atoms with Crippen molar-refractivity contribution >= 4 is 23.5 Å². The van der Waals surface area contributed by atoms with Crippen molar-refractivity contribution in [1.29, 1.82) is 0 Å². The molecule has 0 unspecified atom stereocenters. The fourth-order valence-corrected chi connectivity index (χ4v) is 3.63. The van der Waals surface area contributed by atoms with Gasteiger partial charge in [0.25, 0.3) is 0 Å². The summed E-state index contributed by atoms with van der Waals surface area (Å²) in [5, 5.41) is 2.25. The van der Waals surface area contributed by atoms with Crippen LogP contribution < -0.4 is 15.0 Å². The van der Waals surface area contributed by atoms with E-state index in [4.69, 9.17) is 4.74 Å². The number of amides is 4. The van der Waals surface area contributed by atoms with Crippen LogP contribution in [0.25, 0.3) is 0 Å². The van der Waals surface area contributed by atoms with E-state index in [0.717, 1.165) is 43.3 Å². The second-order valence-electron chi connectivity index (χ2n) is 7.84. The van der Waals surface area contributed by atoms with E-state index in [-0.39, 0.29) is 12.4 Å². The average Bonchev–Trinajstić information content (AvgIpc) is 2.70. The molecule has 29 heavy (non-hydrogen) atoms. The summed E-state index contributed by atoms with van der Waals surface area (Å²) in [6.07, 6.45) is 0.628. The van der Waals surface area contributed by atoms with E-state index in [2.05, 4.69) is 15.1 Å². The van der Waals surface area contributed by atoms with Gasteiger partial charge in [-0.1, -0.05) is 0 Å². The predicted octanol–water partition coefficient (Wildman–Crippen LogP) is 1.45. The van der Waals surface area contributed by atoms with E-state index in [9.17, 15) is 18.8 Å². The van der Waals surface area contributed by atoms with Gasteiger partial charge in [-0.3, -0.25) is 24.7 Å². The Hall–Kier alpha value is -2.68. The summed E-state index contributed by atoms with van der Waals surface area (Å²) >= 11 is 0. The van der Waals surface area contributed by atoms with Gasteiger partial charge in [0.2, 0.25) is 11.8 Å². The molecule has 4 amide bonds. The van der Waals surface area contributed by atoms with E-state index < -0.39 is 23.3 Å². The molecular formula is C20H27FN4O4. The zero-order valence-corrected chi connectivity index (χ0v) is 17.0. The van der Waals surface area contributed by atoms with Crippen LogP contribution in [0.15, 0.2) is 18.2 Å². The first kappa shape index (κ1) is 21.0. The Labute approximate surface area is 169 Å². The van der Waals surface area contributed by atoms with Gasteiger partial charge in [0.05, 0.1) is 12.8 Å². The van der Waals surface area contributed by atoms with Crippen molar-refractivity contribution in [1.82, 2.24) is 15.1 Å². The molecule has 0 aliphatic carbocycles. The molecule has 2 saturated heterocycles. The van der Waals surface area contributed by atoms with Crippen LogP contribution in [0.4, 0.5) is 14.9 Å². The highest BCUT2D eigenvalue weighted by molar-refractivity contribution is 6.18. The van der Waals surface area contributed by atoms with E-state index >= 15 is 0 Å². The number of benzene rings is 1. The number of methoxy groups -OCH3 is 1. The SMILES string of the molecule is COc1cc(F)ccc1N1CCN(CCCN2C(=O)NC(=O)C(C)(C)C2=O)CC1. The number of anilines is 1. The van der Waals surface area contributed by atoms with Crippen molar-refractivity contribution in [3.8, 4) is 5.75 Å². The molecule has 0 bridgehead atoms. The number of carbonyl (C=O) groups is 3. The normalized spacial score (nSPS) is 20.1. The fourth-order valence-electron chi connectivity index (χ4n) is 3.63. The number of piperazine rings is 1. The van der Waals surface area contributed by atoms with Crippen molar-refractivity contribution < 1.29 is 23.5 Å². The number of imide groups is 2. The molecule has 2 aliphatic rings. The van der Waals surface area contributed by atoms with Crippen LogP contribution in [0.3, 0.4) is 0 Å². The summed E-state index contributed by atoms with van der Waals surface area (Å²) in [6, 6.07) is 3.90. The third-order valence-electron chi connectivity index (χ3n) is 5.52. The summed E-state index contributed by atoms with van der Waals surface area (Å²) in [4.78, 5) is 41.7. The Bertz CT molecular complexity index is 806. The molecule has 2 heterocycles. The van der Waals surface area contributed by atoms with Crippen LogP contribution in [0.1, 0.15) is 20.3 Å². The largest absolute Gasteiger partial charge is 0.494 e. The third kappa shape index (κ3) is 4.34. The maximum atomic E-state index is 13.4. The highest BCUT2D eigenvalue weighted by Crippen LogP contribution is 2.29.